The number of nitrogens with zero attached hydrogens (tertiary/aromatic N) is 2. The predicted octanol–water partition coefficient (Wildman–Crippen LogP) is 1.27. The number of nitrogen functional groups attached to an aromatic ring is 1. The molecule has 0 bridgehead atoms. The van der Waals surface area contributed by atoms with E-state index in [1.54, 1.807) is 29.3 Å². The molecule has 2 fully saturated rings. The lowest BCUT2D eigenvalue weighted by atomic mass is 10.1. The van der Waals surface area contributed by atoms with Crippen molar-refractivity contribution in [1.29, 1.82) is 0 Å². The van der Waals surface area contributed by atoms with Gasteiger partial charge in [0.25, 0.3) is 0 Å². The summed E-state index contributed by atoms with van der Waals surface area (Å²) < 4.78 is 5.38. The molecule has 1 aliphatic heterocycles. The fraction of sp³-hybridized carbons (Fsp3) is 0.550. The van der Waals surface area contributed by atoms with E-state index in [0.29, 0.717) is 18.9 Å². The van der Waals surface area contributed by atoms with Crippen LogP contribution in [0.15, 0.2) is 24.4 Å². The lowest BCUT2D eigenvalue weighted by Crippen LogP contribution is -2.39. The Hall–Kier alpha value is -2.61. The van der Waals surface area contributed by atoms with Crippen molar-refractivity contribution in [3.05, 3.63) is 30.0 Å². The Morgan fingerprint density at radius 2 is 2.07 bits per heavy atom. The molecule has 2 amide bonds. The summed E-state index contributed by atoms with van der Waals surface area (Å²) in [4.78, 5) is 29.7. The van der Waals surface area contributed by atoms with Gasteiger partial charge in [0, 0.05) is 31.9 Å². The maximum atomic E-state index is 12.1. The highest BCUT2D eigenvalue weighted by atomic mass is 16.6. The molecule has 0 spiro atoms. The van der Waals surface area contributed by atoms with Crippen molar-refractivity contribution >= 4 is 23.9 Å². The molecule has 0 radical (unpaired) electrons. The fourth-order valence-electron chi connectivity index (χ4n) is 3.71. The van der Waals surface area contributed by atoms with Crippen molar-refractivity contribution < 1.29 is 19.4 Å². The minimum Gasteiger partial charge on any atom is -0.444 e. The summed E-state index contributed by atoms with van der Waals surface area (Å²) >= 11 is 0. The van der Waals surface area contributed by atoms with Gasteiger partial charge in [0.1, 0.15) is 11.4 Å². The maximum Gasteiger partial charge on any atom is 0.410 e. The van der Waals surface area contributed by atoms with Gasteiger partial charge < -0.3 is 25.8 Å². The normalized spacial score (nSPS) is 24.7. The molecule has 2 aliphatic rings. The molecule has 152 valence electrons. The van der Waals surface area contributed by atoms with E-state index in [1.165, 1.54) is 6.08 Å². The van der Waals surface area contributed by atoms with Gasteiger partial charge in [0.2, 0.25) is 5.91 Å². The average Bonchev–Trinajstić information content (AvgIpc) is 3.11. The number of fused-ring (bicyclic) bond motifs is 1. The Morgan fingerprint density at radius 3 is 2.64 bits per heavy atom. The second kappa shape index (κ2) is 7.79. The molecule has 1 aromatic heterocycles. The van der Waals surface area contributed by atoms with Crippen LogP contribution in [0.3, 0.4) is 0 Å². The first-order chi connectivity index (χ1) is 13.1. The highest BCUT2D eigenvalue weighted by Gasteiger charge is 2.59. The second-order valence-electron chi connectivity index (χ2n) is 8.45. The Kier molecular flexibility index (Phi) is 5.60. The van der Waals surface area contributed by atoms with Crippen LogP contribution < -0.4 is 11.1 Å². The van der Waals surface area contributed by atoms with E-state index in [1.807, 2.05) is 20.8 Å². The number of anilines is 1. The first kappa shape index (κ1) is 20.1. The van der Waals surface area contributed by atoms with E-state index >= 15 is 0 Å². The Labute approximate surface area is 164 Å². The van der Waals surface area contributed by atoms with Crippen molar-refractivity contribution in [2.45, 2.75) is 32.5 Å². The lowest BCUT2D eigenvalue weighted by Gasteiger charge is -2.26. The molecule has 2 heterocycles. The number of aromatic nitrogens is 1. The zero-order chi connectivity index (χ0) is 20.5. The zero-order valence-electron chi connectivity index (χ0n) is 16.5. The van der Waals surface area contributed by atoms with Gasteiger partial charge in [-0.3, -0.25) is 4.79 Å². The van der Waals surface area contributed by atoms with Crippen molar-refractivity contribution in [1.82, 2.24) is 15.2 Å². The summed E-state index contributed by atoms with van der Waals surface area (Å²) in [5.41, 5.74) is 5.77. The molecule has 1 unspecified atom stereocenters. The number of ether oxygens (including phenoxy) is 1. The van der Waals surface area contributed by atoms with Gasteiger partial charge in [-0.2, -0.15) is 0 Å². The van der Waals surface area contributed by atoms with Gasteiger partial charge in [-0.25, -0.2) is 9.78 Å². The summed E-state index contributed by atoms with van der Waals surface area (Å²) in [6.45, 7) is 6.91. The van der Waals surface area contributed by atoms with Crippen LogP contribution in [0.1, 0.15) is 26.3 Å². The number of aliphatic hydroxyl groups excluding tert-OH is 1. The third-order valence-electron chi connectivity index (χ3n) is 5.08. The van der Waals surface area contributed by atoms with Crippen molar-refractivity contribution in [2.24, 2.45) is 17.8 Å². The van der Waals surface area contributed by atoms with Crippen LogP contribution >= 0.6 is 0 Å². The first-order valence-electron chi connectivity index (χ1n) is 9.47. The Balaban J connectivity index is 1.39. The van der Waals surface area contributed by atoms with Crippen LogP contribution in [0.2, 0.25) is 0 Å². The fourth-order valence-corrected chi connectivity index (χ4v) is 3.71. The lowest BCUT2D eigenvalue weighted by molar-refractivity contribution is -0.117. The molecule has 0 aromatic carbocycles. The third-order valence-corrected chi connectivity index (χ3v) is 5.08. The van der Waals surface area contributed by atoms with Crippen LogP contribution in [0.25, 0.3) is 6.08 Å². The number of likely N-dealkylation sites (tertiary alicyclic amines) is 1. The van der Waals surface area contributed by atoms with Gasteiger partial charge in [0.05, 0.1) is 6.10 Å². The maximum absolute atomic E-state index is 12.1. The van der Waals surface area contributed by atoms with Crippen LogP contribution in [0.5, 0.6) is 0 Å². The van der Waals surface area contributed by atoms with Gasteiger partial charge in [-0.1, -0.05) is 0 Å². The van der Waals surface area contributed by atoms with E-state index in [4.69, 9.17) is 10.5 Å². The molecule has 1 saturated carbocycles. The highest BCUT2D eigenvalue weighted by Crippen LogP contribution is 2.53. The number of carbonyl (C=O) groups is 2. The van der Waals surface area contributed by atoms with Gasteiger partial charge in [-0.15, -0.1) is 0 Å². The van der Waals surface area contributed by atoms with E-state index in [2.05, 4.69) is 10.3 Å². The highest BCUT2D eigenvalue weighted by molar-refractivity contribution is 5.91. The minimum atomic E-state index is -0.619. The predicted molar refractivity (Wildman–Crippen MR) is 105 cm³/mol. The summed E-state index contributed by atoms with van der Waals surface area (Å²) in [7, 11) is 0. The van der Waals surface area contributed by atoms with Gasteiger partial charge in [0.15, 0.2) is 0 Å². The van der Waals surface area contributed by atoms with Crippen molar-refractivity contribution in [3.63, 3.8) is 0 Å². The molecule has 1 aromatic rings. The van der Waals surface area contributed by atoms with E-state index in [0.717, 1.165) is 5.56 Å². The SMILES string of the molecule is CC(C)(C)OC(=O)N1C[C@@H]2[C@H](C1)[C@H]2C(O)CNC(=O)/C=C/c1ccc(N)nc1. The number of hydrogen-bond acceptors (Lipinski definition) is 6. The second-order valence-corrected chi connectivity index (χ2v) is 8.45. The van der Waals surface area contributed by atoms with Crippen LogP contribution in [-0.2, 0) is 9.53 Å². The van der Waals surface area contributed by atoms with Crippen molar-refractivity contribution in [2.75, 3.05) is 25.4 Å². The molecule has 1 saturated heterocycles. The van der Waals surface area contributed by atoms with E-state index in [9.17, 15) is 14.7 Å². The number of nitrogens with one attached hydrogen (secondary N) is 1. The molecule has 4 N–H and O–H groups in total. The number of aliphatic hydroxyl groups is 1. The number of rotatable bonds is 5. The number of hydrogen-bond donors (Lipinski definition) is 3. The number of nitrogens with two attached hydrogens (primary N) is 1. The molecule has 8 heteroatoms. The first-order valence-corrected chi connectivity index (χ1v) is 9.47. The quantitative estimate of drug-likeness (QED) is 0.654. The zero-order valence-corrected chi connectivity index (χ0v) is 16.5. The van der Waals surface area contributed by atoms with Gasteiger partial charge >= 0.3 is 6.09 Å². The van der Waals surface area contributed by atoms with E-state index in [-0.39, 0.29) is 36.3 Å². The molecule has 4 atom stereocenters. The number of carbonyl (C=O) groups excluding carboxylic acids is 2. The molecular weight excluding hydrogens is 360 g/mol. The summed E-state index contributed by atoms with van der Waals surface area (Å²) in [5.74, 6) is 0.804. The minimum absolute atomic E-state index is 0.115. The molecule has 1 aliphatic carbocycles. The van der Waals surface area contributed by atoms with E-state index < -0.39 is 11.7 Å². The largest absolute Gasteiger partial charge is 0.444 e. The average molecular weight is 388 g/mol. The summed E-state index contributed by atoms with van der Waals surface area (Å²) in [6, 6.07) is 3.43. The summed E-state index contributed by atoms with van der Waals surface area (Å²) in [6.07, 6.45) is 3.70. The molecule has 3 rings (SSSR count). The van der Waals surface area contributed by atoms with Gasteiger partial charge in [-0.05, 0) is 62.3 Å². The topological polar surface area (TPSA) is 118 Å². The van der Waals surface area contributed by atoms with Crippen LogP contribution in [-0.4, -0.2) is 58.3 Å². The number of piperidine rings is 1. The Morgan fingerprint density at radius 1 is 1.39 bits per heavy atom. The monoisotopic (exact) mass is 388 g/mol. The molecule has 8 nitrogen and oxygen atoms in total. The number of amides is 2. The summed E-state index contributed by atoms with van der Waals surface area (Å²) in [5, 5.41) is 13.1. The molecular formula is C20H28N4O4. The van der Waals surface area contributed by atoms with Crippen molar-refractivity contribution in [3.8, 4) is 0 Å². The van der Waals surface area contributed by atoms with Crippen LogP contribution in [0, 0.1) is 17.8 Å². The smallest absolute Gasteiger partial charge is 0.410 e. The number of pyridine rings is 1. The third kappa shape index (κ3) is 5.01. The standard InChI is InChI=1S/C20H28N4O4/c1-20(2,3)28-19(27)24-10-13-14(11-24)18(13)15(25)9-23-17(26)7-5-12-4-6-16(21)22-8-12/h4-8,13-15,18,25H,9-11H2,1-3H3,(H2,21,22)(H,23,26)/b7-5+/t13-,14+,15?,18+. The molecule has 28 heavy (non-hydrogen) atoms. The van der Waals surface area contributed by atoms with Crippen LogP contribution in [0.4, 0.5) is 10.6 Å². The Bertz CT molecular complexity index is 744.